The summed E-state index contributed by atoms with van der Waals surface area (Å²) in [5.74, 6) is 2.34. The lowest BCUT2D eigenvalue weighted by Crippen LogP contribution is -2.29. The summed E-state index contributed by atoms with van der Waals surface area (Å²) in [5, 5.41) is 19.1. The molecule has 7 heteroatoms. The van der Waals surface area contributed by atoms with E-state index < -0.39 is 0 Å². The van der Waals surface area contributed by atoms with Crippen molar-refractivity contribution in [3.8, 4) is 11.5 Å². The number of aryl methyl sites for hydroxylation is 1. The van der Waals surface area contributed by atoms with Crippen LogP contribution >= 0.6 is 0 Å². The topological polar surface area (TPSA) is 94.5 Å². The van der Waals surface area contributed by atoms with Crippen LogP contribution in [0.15, 0.2) is 42.2 Å². The van der Waals surface area contributed by atoms with Crippen molar-refractivity contribution in [2.75, 3.05) is 27.3 Å². The Hall–Kier alpha value is -3.48. The Balaban J connectivity index is 1.50. The molecule has 3 N–H and O–H groups in total. The Morgan fingerprint density at radius 1 is 1.14 bits per heavy atom. The molecule has 2 aromatic carbocycles. The minimum atomic E-state index is 0.165. The lowest BCUT2D eigenvalue weighted by Gasteiger charge is -2.18. The number of hydrogen-bond acceptors (Lipinski definition) is 5. The molecule has 29 heavy (non-hydrogen) atoms. The Morgan fingerprint density at radius 2 is 1.93 bits per heavy atom. The van der Waals surface area contributed by atoms with Crippen molar-refractivity contribution >= 4 is 22.4 Å². The van der Waals surface area contributed by atoms with Crippen LogP contribution in [-0.2, 0) is 6.42 Å². The van der Waals surface area contributed by atoms with Gasteiger partial charge in [0.25, 0.3) is 0 Å². The van der Waals surface area contributed by atoms with Gasteiger partial charge in [0.2, 0.25) is 0 Å². The largest absolute Gasteiger partial charge is 0.510 e. The summed E-state index contributed by atoms with van der Waals surface area (Å²) in [4.78, 5) is 9.64. The van der Waals surface area contributed by atoms with Crippen molar-refractivity contribution in [1.29, 1.82) is 5.41 Å². The molecule has 7 nitrogen and oxygen atoms in total. The lowest BCUT2D eigenvalue weighted by molar-refractivity contribution is 0.349. The van der Waals surface area contributed by atoms with Crippen LogP contribution < -0.4 is 9.47 Å². The highest BCUT2D eigenvalue weighted by atomic mass is 16.5. The quantitative estimate of drug-likeness (QED) is 0.595. The molecule has 0 saturated carbocycles. The molecular formula is C22H24N4O3. The zero-order valence-corrected chi connectivity index (χ0v) is 16.7. The average Bonchev–Trinajstić information content (AvgIpc) is 3.25. The maximum absolute atomic E-state index is 10.5. The minimum Gasteiger partial charge on any atom is -0.510 e. The highest BCUT2D eigenvalue weighted by Gasteiger charge is 2.30. The molecule has 0 spiro atoms. The van der Waals surface area contributed by atoms with Gasteiger partial charge < -0.3 is 24.5 Å². The van der Waals surface area contributed by atoms with E-state index in [0.29, 0.717) is 42.4 Å². The maximum Gasteiger partial charge on any atom is 0.160 e. The second-order valence-electron chi connectivity index (χ2n) is 7.14. The molecule has 0 radical (unpaired) electrons. The molecule has 0 bridgehead atoms. The predicted octanol–water partition coefficient (Wildman–Crippen LogP) is 3.69. The van der Waals surface area contributed by atoms with Gasteiger partial charge in [0.15, 0.2) is 11.5 Å². The number of rotatable bonds is 6. The summed E-state index contributed by atoms with van der Waals surface area (Å²) in [5.41, 5.74) is 4.39. The van der Waals surface area contributed by atoms with E-state index in [9.17, 15) is 5.11 Å². The first-order valence-electron chi connectivity index (χ1n) is 9.43. The van der Waals surface area contributed by atoms with Crippen molar-refractivity contribution in [1.82, 2.24) is 14.9 Å². The number of hydrogen-bond donors (Lipinski definition) is 3. The fourth-order valence-corrected chi connectivity index (χ4v) is 3.62. The summed E-state index contributed by atoms with van der Waals surface area (Å²) >= 11 is 0. The number of imidazole rings is 1. The monoisotopic (exact) mass is 392 g/mol. The normalized spacial score (nSPS) is 14.2. The van der Waals surface area contributed by atoms with Gasteiger partial charge in [0.1, 0.15) is 17.4 Å². The number of nitrogens with one attached hydrogen (secondary N) is 2. The first-order valence-corrected chi connectivity index (χ1v) is 9.43. The third-order valence-electron chi connectivity index (χ3n) is 5.17. The molecule has 1 aliphatic rings. The van der Waals surface area contributed by atoms with Gasteiger partial charge >= 0.3 is 0 Å². The molecule has 4 rings (SSSR count). The number of H-pyrrole nitrogens is 1. The number of benzene rings is 2. The number of aromatic amines is 1. The van der Waals surface area contributed by atoms with Crippen molar-refractivity contribution in [2.24, 2.45) is 0 Å². The summed E-state index contributed by atoms with van der Waals surface area (Å²) in [6, 6.07) is 11.7. The second kappa shape index (κ2) is 7.50. The maximum atomic E-state index is 10.5. The summed E-state index contributed by atoms with van der Waals surface area (Å²) in [7, 11) is 3.22. The number of aliphatic hydroxyl groups excluding tert-OH is 1. The van der Waals surface area contributed by atoms with E-state index in [1.165, 1.54) is 0 Å². The zero-order valence-electron chi connectivity index (χ0n) is 16.7. The number of amidine groups is 1. The van der Waals surface area contributed by atoms with Gasteiger partial charge in [-0.25, -0.2) is 4.98 Å². The Labute approximate surface area is 169 Å². The molecule has 0 fully saturated rings. The van der Waals surface area contributed by atoms with E-state index in [4.69, 9.17) is 14.9 Å². The van der Waals surface area contributed by atoms with Gasteiger partial charge in [-0.3, -0.25) is 5.41 Å². The van der Waals surface area contributed by atoms with Gasteiger partial charge in [0, 0.05) is 6.54 Å². The summed E-state index contributed by atoms with van der Waals surface area (Å²) < 4.78 is 10.6. The molecule has 0 unspecified atom stereocenters. The molecule has 1 aliphatic heterocycles. The van der Waals surface area contributed by atoms with Crippen molar-refractivity contribution < 1.29 is 14.6 Å². The van der Waals surface area contributed by atoms with Crippen LogP contribution in [0.25, 0.3) is 16.6 Å². The van der Waals surface area contributed by atoms with Crippen molar-refractivity contribution in [3.63, 3.8) is 0 Å². The van der Waals surface area contributed by atoms with E-state index in [2.05, 4.69) is 9.97 Å². The van der Waals surface area contributed by atoms with Crippen LogP contribution in [0.2, 0.25) is 0 Å². The van der Waals surface area contributed by atoms with Crippen LogP contribution in [-0.4, -0.2) is 53.1 Å². The minimum absolute atomic E-state index is 0.165. The highest BCUT2D eigenvalue weighted by Crippen LogP contribution is 2.30. The van der Waals surface area contributed by atoms with E-state index in [-0.39, 0.29) is 11.6 Å². The van der Waals surface area contributed by atoms with Crippen molar-refractivity contribution in [2.45, 2.75) is 13.3 Å². The van der Waals surface area contributed by atoms with Crippen molar-refractivity contribution in [3.05, 3.63) is 59.1 Å². The number of ether oxygens (including phenoxy) is 2. The summed E-state index contributed by atoms with van der Waals surface area (Å²) in [6.07, 6.45) is 0.711. The second-order valence-corrected chi connectivity index (χ2v) is 7.14. The van der Waals surface area contributed by atoms with Crippen LogP contribution in [0.1, 0.15) is 17.0 Å². The van der Waals surface area contributed by atoms with Gasteiger partial charge in [0.05, 0.1) is 37.4 Å². The number of aromatic nitrogens is 2. The molecule has 0 atom stereocenters. The SMILES string of the molecule is COc1ccc(CCN2CC(O)=C(c3nc4ccc(C)cc4[nH]3)C2=N)cc1OC. The molecular weight excluding hydrogens is 368 g/mol. The van der Waals surface area contributed by atoms with Gasteiger partial charge in [-0.15, -0.1) is 0 Å². The fourth-order valence-electron chi connectivity index (χ4n) is 3.62. The lowest BCUT2D eigenvalue weighted by atomic mass is 10.1. The van der Waals surface area contributed by atoms with E-state index in [1.54, 1.807) is 14.2 Å². The third kappa shape index (κ3) is 3.51. The molecule has 0 aliphatic carbocycles. The summed E-state index contributed by atoms with van der Waals surface area (Å²) in [6.45, 7) is 2.92. The first kappa shape index (κ1) is 18.9. The van der Waals surface area contributed by atoms with Crippen LogP contribution in [0.4, 0.5) is 0 Å². The van der Waals surface area contributed by atoms with Crippen LogP contribution in [0, 0.1) is 12.3 Å². The van der Waals surface area contributed by atoms with E-state index >= 15 is 0 Å². The molecule has 2 heterocycles. The fraction of sp³-hybridized carbons (Fsp3) is 0.273. The van der Waals surface area contributed by atoms with Gasteiger partial charge in [-0.1, -0.05) is 12.1 Å². The highest BCUT2D eigenvalue weighted by molar-refractivity contribution is 6.23. The molecule has 3 aromatic rings. The standard InChI is InChI=1S/C22H24N4O3/c1-13-4-6-15-16(10-13)25-22(24-15)20-17(27)12-26(21(20)23)9-8-14-5-7-18(28-2)19(11-14)29-3/h4-7,10-11,23,27H,8-9,12H2,1-3H3,(H,24,25). The number of nitrogens with zero attached hydrogens (tertiary/aromatic N) is 2. The zero-order chi connectivity index (χ0) is 20.5. The smallest absolute Gasteiger partial charge is 0.160 e. The molecule has 0 amide bonds. The number of fused-ring (bicyclic) bond motifs is 1. The van der Waals surface area contributed by atoms with E-state index in [1.807, 2.05) is 48.2 Å². The predicted molar refractivity (Wildman–Crippen MR) is 113 cm³/mol. The number of aliphatic hydroxyl groups is 1. The Bertz CT molecular complexity index is 1120. The van der Waals surface area contributed by atoms with Crippen LogP contribution in [0.3, 0.4) is 0 Å². The van der Waals surface area contributed by atoms with E-state index in [0.717, 1.165) is 22.2 Å². The molecule has 0 saturated heterocycles. The first-order chi connectivity index (χ1) is 14.0. The van der Waals surface area contributed by atoms with Crippen LogP contribution in [0.5, 0.6) is 11.5 Å². The number of methoxy groups -OCH3 is 2. The Kier molecular flexibility index (Phi) is 4.88. The van der Waals surface area contributed by atoms with Gasteiger partial charge in [-0.2, -0.15) is 0 Å². The van der Waals surface area contributed by atoms with Gasteiger partial charge in [-0.05, 0) is 48.7 Å². The Morgan fingerprint density at radius 3 is 2.69 bits per heavy atom. The molecule has 1 aromatic heterocycles. The average molecular weight is 392 g/mol. The molecule has 150 valence electrons. The third-order valence-corrected chi connectivity index (χ3v) is 5.17.